The van der Waals surface area contributed by atoms with Gasteiger partial charge >= 0.3 is 12.2 Å². The summed E-state index contributed by atoms with van der Waals surface area (Å²) in [7, 11) is 0. The topological polar surface area (TPSA) is 59.1 Å². The first-order valence-corrected chi connectivity index (χ1v) is 10.9. The van der Waals surface area contributed by atoms with Crippen molar-refractivity contribution in [2.24, 2.45) is 0 Å². The van der Waals surface area contributed by atoms with E-state index in [1.165, 1.54) is 12.1 Å². The van der Waals surface area contributed by atoms with Gasteiger partial charge in [-0.25, -0.2) is 9.59 Å². The van der Waals surface area contributed by atoms with Crippen LogP contribution in [0.15, 0.2) is 109 Å². The molecule has 0 aliphatic carbocycles. The molecule has 0 radical (unpaired) electrons. The number of hydrazine groups is 1. The number of carbonyl (C=O) groups is 2. The first-order valence-electron chi connectivity index (χ1n) is 10.2. The van der Waals surface area contributed by atoms with Crippen LogP contribution in [0, 0.1) is 0 Å². The quantitative estimate of drug-likeness (QED) is 0.275. The highest BCUT2D eigenvalue weighted by Crippen LogP contribution is 2.29. The number of nitrogens with zero attached hydrogens (tertiary/aromatic N) is 2. The van der Waals surface area contributed by atoms with Crippen LogP contribution in [0.25, 0.3) is 0 Å². The predicted octanol–water partition coefficient (Wildman–Crippen LogP) is 7.62. The van der Waals surface area contributed by atoms with Gasteiger partial charge in [0.05, 0.1) is 11.4 Å². The van der Waals surface area contributed by atoms with Crippen LogP contribution in [-0.4, -0.2) is 12.2 Å². The third kappa shape index (κ3) is 5.67. The number of rotatable bonds is 4. The van der Waals surface area contributed by atoms with Gasteiger partial charge in [0.15, 0.2) is 0 Å². The van der Waals surface area contributed by atoms with Crippen LogP contribution < -0.4 is 19.5 Å². The number of hydrogen-bond donors (Lipinski definition) is 0. The Bertz CT molecular complexity index is 1190. The number of amides is 2. The Balaban J connectivity index is 1.81. The molecule has 0 bridgehead atoms. The third-order valence-corrected chi connectivity index (χ3v) is 5.02. The number of hydrogen-bond acceptors (Lipinski definition) is 4. The molecule has 0 saturated heterocycles. The van der Waals surface area contributed by atoms with E-state index in [4.69, 9.17) is 32.7 Å². The summed E-state index contributed by atoms with van der Waals surface area (Å²) in [5.74, 6) is 0.587. The van der Waals surface area contributed by atoms with Crippen LogP contribution in [0.3, 0.4) is 0 Å². The summed E-state index contributed by atoms with van der Waals surface area (Å²) in [6, 6.07) is 29.9. The molecule has 0 N–H and O–H groups in total. The van der Waals surface area contributed by atoms with Crippen LogP contribution in [0.4, 0.5) is 21.0 Å². The highest BCUT2D eigenvalue weighted by Gasteiger charge is 2.33. The van der Waals surface area contributed by atoms with Gasteiger partial charge in [-0.05, 0) is 60.7 Å². The molecule has 34 heavy (non-hydrogen) atoms. The highest BCUT2D eigenvalue weighted by atomic mass is 35.5. The average Bonchev–Trinajstić information content (AvgIpc) is 2.83. The first kappa shape index (κ1) is 23.2. The van der Waals surface area contributed by atoms with Crippen molar-refractivity contribution in [1.82, 2.24) is 0 Å². The number of benzene rings is 4. The van der Waals surface area contributed by atoms with Crippen molar-refractivity contribution in [3.8, 4) is 11.5 Å². The standard InChI is InChI=1S/C26H18Cl2N2O4/c27-19-9-7-11-21(17-19)29(25(31)33-23-13-3-1-4-14-23)30(22-12-8-10-20(28)18-22)26(32)34-24-15-5-2-6-16-24/h1-18H. The summed E-state index contributed by atoms with van der Waals surface area (Å²) in [5.41, 5.74) is 0.553. The Kier molecular flexibility index (Phi) is 7.32. The highest BCUT2D eigenvalue weighted by molar-refractivity contribution is 6.31. The minimum Gasteiger partial charge on any atom is -0.409 e. The van der Waals surface area contributed by atoms with Crippen molar-refractivity contribution < 1.29 is 19.1 Å². The molecular weight excluding hydrogens is 475 g/mol. The molecule has 0 aliphatic rings. The van der Waals surface area contributed by atoms with Crippen molar-refractivity contribution in [2.75, 3.05) is 10.0 Å². The van der Waals surface area contributed by atoms with Crippen molar-refractivity contribution in [3.63, 3.8) is 0 Å². The second-order valence-corrected chi connectivity index (χ2v) is 7.82. The number of anilines is 2. The summed E-state index contributed by atoms with van der Waals surface area (Å²) in [5, 5.41) is 2.79. The Morgan fingerprint density at radius 1 is 0.529 bits per heavy atom. The normalized spacial score (nSPS) is 10.3. The van der Waals surface area contributed by atoms with Crippen LogP contribution in [0.2, 0.25) is 10.0 Å². The molecule has 0 aliphatic heterocycles. The fourth-order valence-electron chi connectivity index (χ4n) is 3.09. The largest absolute Gasteiger partial charge is 0.439 e. The molecule has 2 amide bonds. The summed E-state index contributed by atoms with van der Waals surface area (Å²) in [6.07, 6.45) is -1.73. The number of ether oxygens (including phenoxy) is 2. The van der Waals surface area contributed by atoms with Gasteiger partial charge in [0, 0.05) is 10.0 Å². The van der Waals surface area contributed by atoms with Crippen LogP contribution in [0.5, 0.6) is 11.5 Å². The predicted molar refractivity (Wildman–Crippen MR) is 133 cm³/mol. The molecule has 8 heteroatoms. The summed E-state index contributed by atoms with van der Waals surface area (Å²) < 4.78 is 11.1. The van der Waals surface area contributed by atoms with Gasteiger partial charge in [-0.15, -0.1) is 0 Å². The van der Waals surface area contributed by atoms with E-state index < -0.39 is 12.2 Å². The van der Waals surface area contributed by atoms with Gasteiger partial charge in [0.25, 0.3) is 0 Å². The molecular formula is C26H18Cl2N2O4. The molecule has 0 heterocycles. The zero-order valence-corrected chi connectivity index (χ0v) is 19.2. The number of carbonyl (C=O) groups excluding carboxylic acids is 2. The van der Waals surface area contributed by atoms with E-state index in [0.717, 1.165) is 10.0 Å². The molecule has 6 nitrogen and oxygen atoms in total. The van der Waals surface area contributed by atoms with E-state index in [9.17, 15) is 9.59 Å². The van der Waals surface area contributed by atoms with E-state index in [1.807, 2.05) is 0 Å². The molecule has 0 fully saturated rings. The zero-order valence-electron chi connectivity index (χ0n) is 17.7. The summed E-state index contributed by atoms with van der Waals surface area (Å²) in [4.78, 5) is 26.9. The molecule has 0 atom stereocenters. The lowest BCUT2D eigenvalue weighted by Gasteiger charge is -2.33. The van der Waals surface area contributed by atoms with Gasteiger partial charge in [0.1, 0.15) is 11.5 Å². The van der Waals surface area contributed by atoms with E-state index in [0.29, 0.717) is 21.5 Å². The van der Waals surface area contributed by atoms with Gasteiger partial charge in [-0.1, -0.05) is 71.7 Å². The molecule has 0 unspecified atom stereocenters. The second kappa shape index (κ2) is 10.7. The maximum atomic E-state index is 13.5. The number of halogens is 2. The van der Waals surface area contributed by atoms with Crippen LogP contribution >= 0.6 is 23.2 Å². The smallest absolute Gasteiger partial charge is 0.409 e. The SMILES string of the molecule is O=C(Oc1ccccc1)N(c1cccc(Cl)c1)N(C(=O)Oc1ccccc1)c1cccc(Cl)c1. The first-order chi connectivity index (χ1) is 16.5. The van der Waals surface area contributed by atoms with Gasteiger partial charge < -0.3 is 9.47 Å². The van der Waals surface area contributed by atoms with Gasteiger partial charge in [-0.3, -0.25) is 0 Å². The van der Waals surface area contributed by atoms with Crippen molar-refractivity contribution in [3.05, 3.63) is 119 Å². The summed E-state index contributed by atoms with van der Waals surface area (Å²) in [6.45, 7) is 0. The average molecular weight is 493 g/mol. The molecule has 170 valence electrons. The lowest BCUT2D eigenvalue weighted by atomic mass is 10.3. The molecule has 4 rings (SSSR count). The Hall–Kier alpha value is -4.00. The minimum absolute atomic E-state index is 0.276. The van der Waals surface area contributed by atoms with Gasteiger partial charge in [-0.2, -0.15) is 10.0 Å². The van der Waals surface area contributed by atoms with Crippen molar-refractivity contribution in [2.45, 2.75) is 0 Å². The van der Waals surface area contributed by atoms with Gasteiger partial charge in [0.2, 0.25) is 0 Å². The molecule has 4 aromatic carbocycles. The molecule has 0 spiro atoms. The van der Waals surface area contributed by atoms with Crippen molar-refractivity contribution >= 4 is 46.8 Å². The fraction of sp³-hybridized carbons (Fsp3) is 0. The lowest BCUT2D eigenvalue weighted by molar-refractivity contribution is 0.195. The Labute approximate surface area is 206 Å². The molecule has 4 aromatic rings. The zero-order chi connectivity index (χ0) is 23.9. The van der Waals surface area contributed by atoms with E-state index >= 15 is 0 Å². The van der Waals surface area contributed by atoms with Crippen LogP contribution in [-0.2, 0) is 0 Å². The lowest BCUT2D eigenvalue weighted by Crippen LogP contribution is -2.53. The van der Waals surface area contributed by atoms with E-state index in [2.05, 4.69) is 0 Å². The Morgan fingerprint density at radius 2 is 0.912 bits per heavy atom. The molecule has 0 aromatic heterocycles. The Morgan fingerprint density at radius 3 is 1.26 bits per heavy atom. The number of para-hydroxylation sites is 2. The fourth-order valence-corrected chi connectivity index (χ4v) is 3.46. The summed E-state index contributed by atoms with van der Waals surface area (Å²) >= 11 is 12.4. The van der Waals surface area contributed by atoms with E-state index in [-0.39, 0.29) is 11.4 Å². The third-order valence-electron chi connectivity index (χ3n) is 4.55. The molecule has 0 saturated carbocycles. The van der Waals surface area contributed by atoms with E-state index in [1.54, 1.807) is 97.1 Å². The maximum Gasteiger partial charge on any atom is 0.439 e. The maximum absolute atomic E-state index is 13.5. The monoisotopic (exact) mass is 492 g/mol. The minimum atomic E-state index is -0.863. The van der Waals surface area contributed by atoms with Crippen molar-refractivity contribution in [1.29, 1.82) is 0 Å². The van der Waals surface area contributed by atoms with Crippen LogP contribution in [0.1, 0.15) is 0 Å². The second-order valence-electron chi connectivity index (χ2n) is 6.95.